The second kappa shape index (κ2) is 8.33. The molecule has 0 aromatic heterocycles. The molecule has 142 valence electrons. The van der Waals surface area contributed by atoms with Crippen molar-refractivity contribution in [3.05, 3.63) is 65.5 Å². The average Bonchev–Trinajstić information content (AvgIpc) is 3.09. The molecule has 1 N–H and O–H groups in total. The molecule has 1 heterocycles. The van der Waals surface area contributed by atoms with E-state index in [0.717, 1.165) is 23.2 Å². The molecular formula is C22H25FN2O2. The van der Waals surface area contributed by atoms with E-state index in [0.29, 0.717) is 6.54 Å². The summed E-state index contributed by atoms with van der Waals surface area (Å²) in [6.45, 7) is 4.71. The zero-order chi connectivity index (χ0) is 19.4. The predicted molar refractivity (Wildman–Crippen MR) is 104 cm³/mol. The van der Waals surface area contributed by atoms with E-state index in [9.17, 15) is 14.0 Å². The Hall–Kier alpha value is -2.69. The quantitative estimate of drug-likeness (QED) is 0.846. The number of amides is 2. The summed E-state index contributed by atoms with van der Waals surface area (Å²) in [5.74, 6) is -0.354. The third-order valence-electron chi connectivity index (χ3n) is 5.13. The van der Waals surface area contributed by atoms with Gasteiger partial charge in [-0.3, -0.25) is 9.59 Å². The van der Waals surface area contributed by atoms with E-state index in [1.54, 1.807) is 17.0 Å². The largest absolute Gasteiger partial charge is 0.347 e. The lowest BCUT2D eigenvalue weighted by Crippen LogP contribution is -2.39. The molecule has 0 radical (unpaired) electrons. The highest BCUT2D eigenvalue weighted by molar-refractivity contribution is 5.98. The van der Waals surface area contributed by atoms with Gasteiger partial charge < -0.3 is 10.2 Å². The third kappa shape index (κ3) is 4.54. The van der Waals surface area contributed by atoms with Crippen LogP contribution in [-0.2, 0) is 16.0 Å². The minimum Gasteiger partial charge on any atom is -0.347 e. The smallest absolute Gasteiger partial charge is 0.246 e. The number of hydrogen-bond donors (Lipinski definition) is 1. The first kappa shape index (κ1) is 19.1. The molecule has 4 nitrogen and oxygen atoms in total. The molecule has 2 aromatic carbocycles. The van der Waals surface area contributed by atoms with Gasteiger partial charge in [-0.05, 0) is 47.6 Å². The standard InChI is InChI=1S/C22H25FN2O2/c1-15(2)19(16-7-9-18(23)10-8-16)13-21(26)24-14-22(27)25-12-11-17-5-3-4-6-20(17)25/h3-10,15,19H,11-14H2,1-2H3,(H,24,26). The zero-order valence-corrected chi connectivity index (χ0v) is 15.7. The normalized spacial score (nSPS) is 14.1. The van der Waals surface area contributed by atoms with Gasteiger partial charge in [0.25, 0.3) is 0 Å². The molecule has 2 amide bonds. The molecule has 1 aliphatic heterocycles. The van der Waals surface area contributed by atoms with Crippen molar-refractivity contribution in [3.8, 4) is 0 Å². The van der Waals surface area contributed by atoms with E-state index < -0.39 is 0 Å². The summed E-state index contributed by atoms with van der Waals surface area (Å²) in [5, 5.41) is 2.75. The fraction of sp³-hybridized carbons (Fsp3) is 0.364. The molecule has 0 spiro atoms. The van der Waals surface area contributed by atoms with Crippen LogP contribution in [0, 0.1) is 11.7 Å². The van der Waals surface area contributed by atoms with Gasteiger partial charge in [0, 0.05) is 18.7 Å². The molecule has 3 rings (SSSR count). The van der Waals surface area contributed by atoms with Crippen molar-refractivity contribution >= 4 is 17.5 Å². The fourth-order valence-electron chi connectivity index (χ4n) is 3.59. The Bertz CT molecular complexity index is 817. The molecule has 0 saturated carbocycles. The molecule has 5 heteroatoms. The SMILES string of the molecule is CC(C)C(CC(=O)NCC(=O)N1CCc2ccccc21)c1ccc(F)cc1. The Morgan fingerprint density at radius 2 is 1.81 bits per heavy atom. The molecule has 0 bridgehead atoms. The van der Waals surface area contributed by atoms with Gasteiger partial charge in [0.1, 0.15) is 5.82 Å². The van der Waals surface area contributed by atoms with Crippen molar-refractivity contribution in [1.29, 1.82) is 0 Å². The van der Waals surface area contributed by atoms with Crippen LogP contribution in [0.25, 0.3) is 0 Å². The van der Waals surface area contributed by atoms with E-state index in [2.05, 4.69) is 5.32 Å². The Morgan fingerprint density at radius 3 is 2.52 bits per heavy atom. The number of benzene rings is 2. The molecule has 1 atom stereocenters. The molecule has 1 aliphatic rings. The molecule has 0 fully saturated rings. The van der Waals surface area contributed by atoms with Crippen LogP contribution in [0.5, 0.6) is 0 Å². The van der Waals surface area contributed by atoms with E-state index >= 15 is 0 Å². The first-order valence-electron chi connectivity index (χ1n) is 9.36. The number of rotatable bonds is 6. The van der Waals surface area contributed by atoms with E-state index in [4.69, 9.17) is 0 Å². The van der Waals surface area contributed by atoms with Crippen molar-refractivity contribution in [3.63, 3.8) is 0 Å². The average molecular weight is 368 g/mol. The summed E-state index contributed by atoms with van der Waals surface area (Å²) in [7, 11) is 0. The highest BCUT2D eigenvalue weighted by Gasteiger charge is 2.25. The van der Waals surface area contributed by atoms with E-state index in [1.165, 1.54) is 12.1 Å². The third-order valence-corrected chi connectivity index (χ3v) is 5.13. The summed E-state index contributed by atoms with van der Waals surface area (Å²) in [6, 6.07) is 14.1. The molecule has 27 heavy (non-hydrogen) atoms. The number of carbonyl (C=O) groups is 2. The number of fused-ring (bicyclic) bond motifs is 1. The number of nitrogens with one attached hydrogen (secondary N) is 1. The van der Waals surface area contributed by atoms with Crippen LogP contribution >= 0.6 is 0 Å². The van der Waals surface area contributed by atoms with E-state index in [-0.39, 0.29) is 42.4 Å². The second-order valence-electron chi connectivity index (χ2n) is 7.31. The van der Waals surface area contributed by atoms with Gasteiger partial charge in [-0.25, -0.2) is 4.39 Å². The number of para-hydroxylation sites is 1. The van der Waals surface area contributed by atoms with Gasteiger partial charge in [-0.1, -0.05) is 44.2 Å². The van der Waals surface area contributed by atoms with Gasteiger partial charge in [-0.2, -0.15) is 0 Å². The molecule has 0 aliphatic carbocycles. The van der Waals surface area contributed by atoms with Crippen molar-refractivity contribution in [2.45, 2.75) is 32.6 Å². The number of anilines is 1. The summed E-state index contributed by atoms with van der Waals surface area (Å²) in [4.78, 5) is 26.6. The maximum atomic E-state index is 13.2. The summed E-state index contributed by atoms with van der Waals surface area (Å²) >= 11 is 0. The Kier molecular flexibility index (Phi) is 5.89. The molecule has 1 unspecified atom stereocenters. The lowest BCUT2D eigenvalue weighted by Gasteiger charge is -2.22. The van der Waals surface area contributed by atoms with Crippen molar-refractivity contribution in [2.24, 2.45) is 5.92 Å². The summed E-state index contributed by atoms with van der Waals surface area (Å²) in [6.07, 6.45) is 1.11. The van der Waals surface area contributed by atoms with Crippen LogP contribution in [-0.4, -0.2) is 24.9 Å². The molecule has 2 aromatic rings. The molecule has 0 saturated heterocycles. The number of hydrogen-bond acceptors (Lipinski definition) is 2. The first-order chi connectivity index (χ1) is 13.0. The number of carbonyl (C=O) groups excluding carboxylic acids is 2. The second-order valence-corrected chi connectivity index (χ2v) is 7.31. The monoisotopic (exact) mass is 368 g/mol. The molecular weight excluding hydrogens is 343 g/mol. The summed E-state index contributed by atoms with van der Waals surface area (Å²) in [5.41, 5.74) is 3.03. The first-order valence-corrected chi connectivity index (χ1v) is 9.36. The van der Waals surface area contributed by atoms with Crippen LogP contribution in [0.2, 0.25) is 0 Å². The van der Waals surface area contributed by atoms with Gasteiger partial charge in [0.2, 0.25) is 11.8 Å². The maximum absolute atomic E-state index is 13.2. The van der Waals surface area contributed by atoms with Crippen LogP contribution < -0.4 is 10.2 Å². The lowest BCUT2D eigenvalue weighted by atomic mass is 9.85. The van der Waals surface area contributed by atoms with Crippen LogP contribution in [0.15, 0.2) is 48.5 Å². The number of nitrogens with zero attached hydrogens (tertiary/aromatic N) is 1. The van der Waals surface area contributed by atoms with Gasteiger partial charge in [0.15, 0.2) is 0 Å². The maximum Gasteiger partial charge on any atom is 0.246 e. The lowest BCUT2D eigenvalue weighted by molar-refractivity contribution is -0.125. The van der Waals surface area contributed by atoms with Crippen molar-refractivity contribution in [1.82, 2.24) is 5.32 Å². The van der Waals surface area contributed by atoms with E-state index in [1.807, 2.05) is 38.1 Å². The van der Waals surface area contributed by atoms with Crippen LogP contribution in [0.3, 0.4) is 0 Å². The van der Waals surface area contributed by atoms with Gasteiger partial charge >= 0.3 is 0 Å². The summed E-state index contributed by atoms with van der Waals surface area (Å²) < 4.78 is 13.2. The Balaban J connectivity index is 1.57. The Labute approximate surface area is 159 Å². The Morgan fingerprint density at radius 1 is 1.11 bits per heavy atom. The minimum absolute atomic E-state index is 0.0125. The van der Waals surface area contributed by atoms with Crippen molar-refractivity contribution < 1.29 is 14.0 Å². The highest BCUT2D eigenvalue weighted by Crippen LogP contribution is 2.29. The van der Waals surface area contributed by atoms with Gasteiger partial charge in [0.05, 0.1) is 6.54 Å². The fourth-order valence-corrected chi connectivity index (χ4v) is 3.59. The highest BCUT2D eigenvalue weighted by atomic mass is 19.1. The van der Waals surface area contributed by atoms with Crippen LogP contribution in [0.4, 0.5) is 10.1 Å². The topological polar surface area (TPSA) is 49.4 Å². The predicted octanol–water partition coefficient (Wildman–Crippen LogP) is 3.66. The minimum atomic E-state index is -0.290. The number of halogens is 1. The van der Waals surface area contributed by atoms with Gasteiger partial charge in [-0.15, -0.1) is 0 Å². The zero-order valence-electron chi connectivity index (χ0n) is 15.7. The van der Waals surface area contributed by atoms with Crippen molar-refractivity contribution in [2.75, 3.05) is 18.0 Å². The van der Waals surface area contributed by atoms with Crippen LogP contribution in [0.1, 0.15) is 37.3 Å².